The van der Waals surface area contributed by atoms with Crippen molar-refractivity contribution in [1.29, 1.82) is 0 Å². The molecule has 0 saturated carbocycles. The van der Waals surface area contributed by atoms with Crippen LogP contribution in [0.25, 0.3) is 0 Å². The zero-order chi connectivity index (χ0) is 15.9. The second kappa shape index (κ2) is 5.48. The van der Waals surface area contributed by atoms with Crippen molar-refractivity contribution in [2.24, 2.45) is 0 Å². The number of aromatic hydroxyl groups is 1. The SMILES string of the molecule is Cc1cc(C)n(CC[C@H]2CC(=O)Nc3cc(O)c(C)cc32)n1. The average molecular weight is 299 g/mol. The Labute approximate surface area is 130 Å². The van der Waals surface area contributed by atoms with Crippen LogP contribution in [-0.4, -0.2) is 20.8 Å². The largest absolute Gasteiger partial charge is 0.508 e. The number of carbonyl (C=O) groups excluding carboxylic acids is 1. The Bertz CT molecular complexity index is 734. The number of phenols is 1. The first-order chi connectivity index (χ1) is 10.4. The van der Waals surface area contributed by atoms with Crippen LogP contribution in [0, 0.1) is 20.8 Å². The minimum atomic E-state index is 0.00845. The number of benzene rings is 1. The van der Waals surface area contributed by atoms with Crippen LogP contribution in [0.4, 0.5) is 5.69 Å². The Morgan fingerprint density at radius 2 is 2.09 bits per heavy atom. The molecular formula is C17H21N3O2. The third-order valence-electron chi connectivity index (χ3n) is 4.31. The Morgan fingerprint density at radius 1 is 1.32 bits per heavy atom. The van der Waals surface area contributed by atoms with E-state index in [0.29, 0.717) is 6.42 Å². The molecule has 0 aliphatic carbocycles. The molecule has 0 fully saturated rings. The molecule has 5 nitrogen and oxygen atoms in total. The van der Waals surface area contributed by atoms with Gasteiger partial charge in [0.25, 0.3) is 0 Å². The highest BCUT2D eigenvalue weighted by atomic mass is 16.3. The molecule has 1 aliphatic rings. The molecule has 0 radical (unpaired) electrons. The zero-order valence-corrected chi connectivity index (χ0v) is 13.2. The molecule has 0 spiro atoms. The highest BCUT2D eigenvalue weighted by Gasteiger charge is 2.26. The number of phenolic OH excluding ortho intramolecular Hbond substituents is 1. The van der Waals surface area contributed by atoms with E-state index in [2.05, 4.69) is 16.5 Å². The van der Waals surface area contributed by atoms with Crippen LogP contribution in [0.5, 0.6) is 5.75 Å². The normalized spacial score (nSPS) is 17.2. The van der Waals surface area contributed by atoms with Gasteiger partial charge in [-0.15, -0.1) is 0 Å². The van der Waals surface area contributed by atoms with Crippen LogP contribution in [0.1, 0.15) is 41.3 Å². The number of nitrogens with zero attached hydrogens (tertiary/aromatic N) is 2. The maximum Gasteiger partial charge on any atom is 0.224 e. The van der Waals surface area contributed by atoms with E-state index < -0.39 is 0 Å². The molecule has 5 heteroatoms. The monoisotopic (exact) mass is 299 g/mol. The quantitative estimate of drug-likeness (QED) is 0.915. The predicted octanol–water partition coefficient (Wildman–Crippen LogP) is 3.03. The van der Waals surface area contributed by atoms with Gasteiger partial charge in [0.1, 0.15) is 5.75 Å². The van der Waals surface area contributed by atoms with Crippen molar-refractivity contribution >= 4 is 11.6 Å². The van der Waals surface area contributed by atoms with Gasteiger partial charge >= 0.3 is 0 Å². The van der Waals surface area contributed by atoms with Crippen LogP contribution in [0.2, 0.25) is 0 Å². The van der Waals surface area contributed by atoms with Crippen molar-refractivity contribution in [1.82, 2.24) is 9.78 Å². The molecule has 116 valence electrons. The summed E-state index contributed by atoms with van der Waals surface area (Å²) in [5.74, 6) is 0.388. The molecule has 0 unspecified atom stereocenters. The van der Waals surface area contributed by atoms with E-state index in [1.54, 1.807) is 6.07 Å². The number of hydrogen-bond acceptors (Lipinski definition) is 3. The van der Waals surface area contributed by atoms with Gasteiger partial charge in [-0.25, -0.2) is 0 Å². The number of amides is 1. The van der Waals surface area contributed by atoms with Crippen LogP contribution < -0.4 is 5.32 Å². The topological polar surface area (TPSA) is 67.2 Å². The number of fused-ring (bicyclic) bond motifs is 1. The minimum Gasteiger partial charge on any atom is -0.508 e. The molecule has 2 N–H and O–H groups in total. The van der Waals surface area contributed by atoms with Crippen molar-refractivity contribution in [3.63, 3.8) is 0 Å². The summed E-state index contributed by atoms with van der Waals surface area (Å²) in [6.07, 6.45) is 1.34. The fourth-order valence-electron chi connectivity index (χ4n) is 3.14. The Kier molecular flexibility index (Phi) is 3.64. The molecule has 1 aromatic carbocycles. The van der Waals surface area contributed by atoms with Gasteiger partial charge in [-0.2, -0.15) is 5.10 Å². The number of aromatic nitrogens is 2. The summed E-state index contributed by atoms with van der Waals surface area (Å²) in [4.78, 5) is 11.9. The minimum absolute atomic E-state index is 0.00845. The molecular weight excluding hydrogens is 278 g/mol. The number of hydrogen-bond donors (Lipinski definition) is 2. The smallest absolute Gasteiger partial charge is 0.224 e. The fourth-order valence-corrected chi connectivity index (χ4v) is 3.14. The van der Waals surface area contributed by atoms with E-state index in [0.717, 1.165) is 41.2 Å². The van der Waals surface area contributed by atoms with E-state index >= 15 is 0 Å². The van der Waals surface area contributed by atoms with Crippen molar-refractivity contribution < 1.29 is 9.90 Å². The van der Waals surface area contributed by atoms with Gasteiger partial charge in [0, 0.05) is 30.4 Å². The van der Waals surface area contributed by atoms with Crippen LogP contribution >= 0.6 is 0 Å². The standard InChI is InChI=1S/C17H21N3O2/c1-10-6-14-13(4-5-20-12(3)7-11(2)19-20)8-17(22)18-15(14)9-16(10)21/h6-7,9,13,21H,4-5,8H2,1-3H3,(H,18,22)/t13-/m0/s1. The predicted molar refractivity (Wildman–Crippen MR) is 85.1 cm³/mol. The molecule has 1 aromatic heterocycles. The molecule has 0 bridgehead atoms. The van der Waals surface area contributed by atoms with E-state index in [1.807, 2.05) is 31.5 Å². The number of aryl methyl sites for hydroxylation is 4. The van der Waals surface area contributed by atoms with E-state index in [9.17, 15) is 9.90 Å². The molecule has 2 heterocycles. The molecule has 2 aromatic rings. The summed E-state index contributed by atoms with van der Waals surface area (Å²) in [7, 11) is 0. The Morgan fingerprint density at radius 3 is 2.77 bits per heavy atom. The highest BCUT2D eigenvalue weighted by molar-refractivity contribution is 5.95. The zero-order valence-electron chi connectivity index (χ0n) is 13.2. The van der Waals surface area contributed by atoms with Gasteiger partial charge in [-0.1, -0.05) is 6.07 Å². The molecule has 0 saturated heterocycles. The lowest BCUT2D eigenvalue weighted by atomic mass is 9.87. The number of rotatable bonds is 3. The van der Waals surface area contributed by atoms with Gasteiger partial charge in [-0.3, -0.25) is 9.48 Å². The van der Waals surface area contributed by atoms with Crippen molar-refractivity contribution in [2.45, 2.75) is 46.1 Å². The maximum atomic E-state index is 11.9. The lowest BCUT2D eigenvalue weighted by Gasteiger charge is -2.26. The summed E-state index contributed by atoms with van der Waals surface area (Å²) >= 11 is 0. The van der Waals surface area contributed by atoms with Crippen LogP contribution in [-0.2, 0) is 11.3 Å². The lowest BCUT2D eigenvalue weighted by Crippen LogP contribution is -2.24. The second-order valence-corrected chi connectivity index (χ2v) is 6.11. The maximum absolute atomic E-state index is 11.9. The number of carbonyl (C=O) groups is 1. The second-order valence-electron chi connectivity index (χ2n) is 6.11. The summed E-state index contributed by atoms with van der Waals surface area (Å²) in [6.45, 7) is 6.70. The van der Waals surface area contributed by atoms with Gasteiger partial charge in [0.05, 0.1) is 5.69 Å². The summed E-state index contributed by atoms with van der Waals surface area (Å²) in [5.41, 5.74) is 4.83. The third-order valence-corrected chi connectivity index (χ3v) is 4.31. The highest BCUT2D eigenvalue weighted by Crippen LogP contribution is 2.38. The Hall–Kier alpha value is -2.30. The van der Waals surface area contributed by atoms with Crippen LogP contribution in [0.15, 0.2) is 18.2 Å². The van der Waals surface area contributed by atoms with Gasteiger partial charge in [-0.05, 0) is 50.3 Å². The lowest BCUT2D eigenvalue weighted by molar-refractivity contribution is -0.116. The van der Waals surface area contributed by atoms with Crippen LogP contribution in [0.3, 0.4) is 0 Å². The Balaban J connectivity index is 1.84. The van der Waals surface area contributed by atoms with E-state index in [-0.39, 0.29) is 17.6 Å². The molecule has 1 amide bonds. The van der Waals surface area contributed by atoms with Gasteiger partial charge < -0.3 is 10.4 Å². The summed E-state index contributed by atoms with van der Waals surface area (Å²) < 4.78 is 1.99. The van der Waals surface area contributed by atoms with E-state index in [1.165, 1.54) is 0 Å². The molecule has 22 heavy (non-hydrogen) atoms. The van der Waals surface area contributed by atoms with Crippen molar-refractivity contribution in [3.05, 3.63) is 40.7 Å². The third kappa shape index (κ3) is 2.71. The summed E-state index contributed by atoms with van der Waals surface area (Å²) in [6, 6.07) is 5.69. The first-order valence-electron chi connectivity index (χ1n) is 7.58. The summed E-state index contributed by atoms with van der Waals surface area (Å²) in [5, 5.41) is 17.2. The molecule has 1 aliphatic heterocycles. The fraction of sp³-hybridized carbons (Fsp3) is 0.412. The van der Waals surface area contributed by atoms with E-state index in [4.69, 9.17) is 0 Å². The number of anilines is 1. The average Bonchev–Trinajstić information content (AvgIpc) is 2.76. The van der Waals surface area contributed by atoms with Gasteiger partial charge in [0.15, 0.2) is 0 Å². The van der Waals surface area contributed by atoms with Gasteiger partial charge in [0.2, 0.25) is 5.91 Å². The molecule has 1 atom stereocenters. The first kappa shape index (κ1) is 14.6. The molecule has 3 rings (SSSR count). The number of nitrogens with one attached hydrogen (secondary N) is 1. The van der Waals surface area contributed by atoms with Crippen molar-refractivity contribution in [3.8, 4) is 5.75 Å². The first-order valence-corrected chi connectivity index (χ1v) is 7.58. The van der Waals surface area contributed by atoms with Crippen molar-refractivity contribution in [2.75, 3.05) is 5.32 Å².